The summed E-state index contributed by atoms with van der Waals surface area (Å²) in [6.07, 6.45) is 1.63. The van der Waals surface area contributed by atoms with Crippen molar-refractivity contribution < 1.29 is 9.21 Å². The monoisotopic (exact) mass is 373 g/mol. The standard InChI is InChI=1S/C23H19NO2S/c25-23(17-27-22-13-12-18-7-4-5-8-19(18)15-22)24(16-21-11-6-14-26-21)20-9-2-1-3-10-20/h1-15H,16-17H2. The summed E-state index contributed by atoms with van der Waals surface area (Å²) >= 11 is 1.56. The molecule has 4 rings (SSSR count). The molecule has 1 aromatic heterocycles. The summed E-state index contributed by atoms with van der Waals surface area (Å²) in [5, 5.41) is 2.39. The lowest BCUT2D eigenvalue weighted by Crippen LogP contribution is -2.31. The molecular weight excluding hydrogens is 354 g/mol. The van der Waals surface area contributed by atoms with Crippen molar-refractivity contribution in [2.45, 2.75) is 11.4 Å². The van der Waals surface area contributed by atoms with E-state index in [4.69, 9.17) is 4.42 Å². The lowest BCUT2D eigenvalue weighted by Gasteiger charge is -2.21. The van der Waals surface area contributed by atoms with Gasteiger partial charge in [-0.05, 0) is 47.2 Å². The van der Waals surface area contributed by atoms with Crippen LogP contribution in [-0.2, 0) is 11.3 Å². The number of rotatable bonds is 6. The molecule has 4 aromatic rings. The minimum Gasteiger partial charge on any atom is -0.467 e. The first-order valence-electron chi connectivity index (χ1n) is 8.79. The first-order valence-corrected chi connectivity index (χ1v) is 9.77. The van der Waals surface area contributed by atoms with E-state index in [9.17, 15) is 4.79 Å². The number of anilines is 1. The van der Waals surface area contributed by atoms with Crippen molar-refractivity contribution >= 4 is 34.1 Å². The quantitative estimate of drug-likeness (QED) is 0.403. The van der Waals surface area contributed by atoms with Gasteiger partial charge >= 0.3 is 0 Å². The van der Waals surface area contributed by atoms with E-state index in [1.165, 1.54) is 10.8 Å². The number of nitrogens with zero attached hydrogens (tertiary/aromatic N) is 1. The third-order valence-corrected chi connectivity index (χ3v) is 5.32. The number of amides is 1. The Kier molecular flexibility index (Phi) is 5.26. The van der Waals surface area contributed by atoms with Crippen LogP contribution >= 0.6 is 11.8 Å². The van der Waals surface area contributed by atoms with E-state index in [1.54, 1.807) is 22.9 Å². The predicted molar refractivity (Wildman–Crippen MR) is 111 cm³/mol. The van der Waals surface area contributed by atoms with Crippen LogP contribution in [0.3, 0.4) is 0 Å². The maximum atomic E-state index is 13.0. The van der Waals surface area contributed by atoms with Gasteiger partial charge in [-0.3, -0.25) is 4.79 Å². The van der Waals surface area contributed by atoms with Crippen molar-refractivity contribution in [1.82, 2.24) is 0 Å². The number of hydrogen-bond donors (Lipinski definition) is 0. The first-order chi connectivity index (χ1) is 13.3. The SMILES string of the molecule is O=C(CSc1ccc2ccccc2c1)N(Cc1ccco1)c1ccccc1. The minimum atomic E-state index is 0.0516. The summed E-state index contributed by atoms with van der Waals surface area (Å²) in [5.74, 6) is 1.19. The highest BCUT2D eigenvalue weighted by molar-refractivity contribution is 8.00. The molecule has 0 aliphatic carbocycles. The second-order valence-corrected chi connectivity index (χ2v) is 7.24. The molecule has 0 radical (unpaired) electrons. The number of carbonyl (C=O) groups excluding carboxylic acids is 1. The van der Waals surface area contributed by atoms with Gasteiger partial charge in [0.1, 0.15) is 5.76 Å². The Morgan fingerprint density at radius 3 is 2.41 bits per heavy atom. The van der Waals surface area contributed by atoms with E-state index in [1.807, 2.05) is 54.6 Å². The van der Waals surface area contributed by atoms with Gasteiger partial charge < -0.3 is 9.32 Å². The Morgan fingerprint density at radius 1 is 0.852 bits per heavy atom. The molecule has 27 heavy (non-hydrogen) atoms. The zero-order valence-electron chi connectivity index (χ0n) is 14.7. The molecule has 0 saturated carbocycles. The molecule has 0 aliphatic heterocycles. The highest BCUT2D eigenvalue weighted by Crippen LogP contribution is 2.25. The van der Waals surface area contributed by atoms with Gasteiger partial charge in [-0.15, -0.1) is 11.8 Å². The third-order valence-electron chi connectivity index (χ3n) is 4.35. The number of carbonyl (C=O) groups is 1. The van der Waals surface area contributed by atoms with Crippen molar-refractivity contribution in [1.29, 1.82) is 0 Å². The summed E-state index contributed by atoms with van der Waals surface area (Å²) in [6.45, 7) is 0.425. The molecule has 0 spiro atoms. The zero-order chi connectivity index (χ0) is 18.5. The van der Waals surface area contributed by atoms with Crippen molar-refractivity contribution in [3.8, 4) is 0 Å². The van der Waals surface area contributed by atoms with E-state index in [0.717, 1.165) is 16.3 Å². The van der Waals surface area contributed by atoms with Gasteiger partial charge in [-0.25, -0.2) is 0 Å². The van der Waals surface area contributed by atoms with E-state index in [2.05, 4.69) is 30.3 Å². The summed E-state index contributed by atoms with van der Waals surface area (Å²) < 4.78 is 5.45. The van der Waals surface area contributed by atoms with Gasteiger partial charge in [0, 0.05) is 10.6 Å². The topological polar surface area (TPSA) is 33.5 Å². The minimum absolute atomic E-state index is 0.0516. The van der Waals surface area contributed by atoms with Gasteiger partial charge in [0.25, 0.3) is 0 Å². The normalized spacial score (nSPS) is 10.8. The fraction of sp³-hybridized carbons (Fsp3) is 0.0870. The number of benzene rings is 3. The molecule has 1 amide bonds. The van der Waals surface area contributed by atoms with E-state index >= 15 is 0 Å². The average molecular weight is 373 g/mol. The van der Waals surface area contributed by atoms with Gasteiger partial charge in [-0.1, -0.05) is 48.5 Å². The van der Waals surface area contributed by atoms with Gasteiger partial charge in [0.2, 0.25) is 5.91 Å². The average Bonchev–Trinajstić information content (AvgIpc) is 3.24. The summed E-state index contributed by atoms with van der Waals surface area (Å²) in [5.41, 5.74) is 0.873. The smallest absolute Gasteiger partial charge is 0.237 e. The largest absolute Gasteiger partial charge is 0.467 e. The summed E-state index contributed by atoms with van der Waals surface area (Å²) in [7, 11) is 0. The highest BCUT2D eigenvalue weighted by Gasteiger charge is 2.17. The van der Waals surface area contributed by atoms with Crippen molar-refractivity contribution in [2.24, 2.45) is 0 Å². The fourth-order valence-electron chi connectivity index (χ4n) is 2.97. The van der Waals surface area contributed by atoms with Crippen LogP contribution in [-0.4, -0.2) is 11.7 Å². The molecule has 4 heteroatoms. The van der Waals surface area contributed by atoms with Crippen LogP contribution in [0.25, 0.3) is 10.8 Å². The number of fused-ring (bicyclic) bond motifs is 1. The van der Waals surface area contributed by atoms with Crippen molar-refractivity contribution in [3.05, 3.63) is 97.0 Å². The van der Waals surface area contributed by atoms with Crippen LogP contribution in [0.2, 0.25) is 0 Å². The third kappa shape index (κ3) is 4.23. The molecular formula is C23H19NO2S. The van der Waals surface area contributed by atoms with Crippen LogP contribution in [0.5, 0.6) is 0 Å². The summed E-state index contributed by atoms with van der Waals surface area (Å²) in [4.78, 5) is 15.8. The van der Waals surface area contributed by atoms with Gasteiger partial charge in [-0.2, -0.15) is 0 Å². The molecule has 0 atom stereocenters. The van der Waals surface area contributed by atoms with Crippen LogP contribution in [0.15, 0.2) is 101 Å². The highest BCUT2D eigenvalue weighted by atomic mass is 32.2. The Hall–Kier alpha value is -2.98. The Labute approximate surface area is 162 Å². The van der Waals surface area contributed by atoms with Crippen LogP contribution < -0.4 is 4.90 Å². The molecule has 134 valence electrons. The molecule has 0 saturated heterocycles. The molecule has 1 heterocycles. The maximum absolute atomic E-state index is 13.0. The first kappa shape index (κ1) is 17.4. The maximum Gasteiger partial charge on any atom is 0.237 e. The van der Waals surface area contributed by atoms with E-state index in [0.29, 0.717) is 12.3 Å². The molecule has 0 aliphatic rings. The fourth-order valence-corrected chi connectivity index (χ4v) is 3.79. The van der Waals surface area contributed by atoms with Gasteiger partial charge in [0.05, 0.1) is 18.6 Å². The Morgan fingerprint density at radius 2 is 1.63 bits per heavy atom. The lowest BCUT2D eigenvalue weighted by atomic mass is 10.1. The number of para-hydroxylation sites is 1. The number of hydrogen-bond acceptors (Lipinski definition) is 3. The van der Waals surface area contributed by atoms with Crippen molar-refractivity contribution in [2.75, 3.05) is 10.7 Å². The summed E-state index contributed by atoms with van der Waals surface area (Å²) in [6, 6.07) is 28.0. The van der Waals surface area contributed by atoms with Crippen molar-refractivity contribution in [3.63, 3.8) is 0 Å². The second kappa shape index (κ2) is 8.14. The van der Waals surface area contributed by atoms with Crippen LogP contribution in [0.1, 0.15) is 5.76 Å². The number of thioether (sulfide) groups is 1. The Balaban J connectivity index is 1.50. The molecule has 0 bridgehead atoms. The second-order valence-electron chi connectivity index (χ2n) is 6.19. The molecule has 0 fully saturated rings. The molecule has 0 N–H and O–H groups in total. The zero-order valence-corrected chi connectivity index (χ0v) is 15.6. The molecule has 3 nitrogen and oxygen atoms in total. The van der Waals surface area contributed by atoms with E-state index < -0.39 is 0 Å². The predicted octanol–water partition coefficient (Wildman–Crippen LogP) is 5.76. The van der Waals surface area contributed by atoms with E-state index in [-0.39, 0.29) is 5.91 Å². The van der Waals surface area contributed by atoms with Crippen LogP contribution in [0, 0.1) is 0 Å². The van der Waals surface area contributed by atoms with Gasteiger partial charge in [0.15, 0.2) is 0 Å². The number of furan rings is 1. The Bertz CT molecular complexity index is 1030. The molecule has 3 aromatic carbocycles. The van der Waals surface area contributed by atoms with Crippen LogP contribution in [0.4, 0.5) is 5.69 Å². The molecule has 0 unspecified atom stereocenters. The lowest BCUT2D eigenvalue weighted by molar-refractivity contribution is -0.116.